The summed E-state index contributed by atoms with van der Waals surface area (Å²) in [6.45, 7) is 10.8. The van der Waals surface area contributed by atoms with Crippen molar-refractivity contribution in [2.24, 2.45) is 0 Å². The van der Waals surface area contributed by atoms with Crippen LogP contribution < -0.4 is 0 Å². The third kappa shape index (κ3) is 4.45. The highest BCUT2D eigenvalue weighted by Crippen LogP contribution is 2.34. The summed E-state index contributed by atoms with van der Waals surface area (Å²) in [6.07, 6.45) is 0. The van der Waals surface area contributed by atoms with Crippen LogP contribution in [0.3, 0.4) is 0 Å². The van der Waals surface area contributed by atoms with E-state index < -0.39 is 0 Å². The first kappa shape index (κ1) is 22.3. The second-order valence-electron chi connectivity index (χ2n) is 9.83. The Kier molecular flexibility index (Phi) is 5.90. The predicted molar refractivity (Wildman–Crippen MR) is 129 cm³/mol. The van der Waals surface area contributed by atoms with Crippen molar-refractivity contribution in [1.82, 2.24) is 30.0 Å². The van der Waals surface area contributed by atoms with E-state index in [9.17, 15) is 0 Å². The molecule has 0 aliphatic carbocycles. The first-order chi connectivity index (χ1) is 16.4. The van der Waals surface area contributed by atoms with E-state index in [4.69, 9.17) is 9.68 Å². The van der Waals surface area contributed by atoms with Gasteiger partial charge >= 0.3 is 0 Å². The molecule has 0 N–H and O–H groups in total. The highest BCUT2D eigenvalue weighted by molar-refractivity contribution is 5.77. The van der Waals surface area contributed by atoms with Crippen molar-refractivity contribution in [3.05, 3.63) is 77.3 Å². The molecule has 1 fully saturated rings. The zero-order valence-corrected chi connectivity index (χ0v) is 19.8. The Morgan fingerprint density at radius 3 is 2.44 bits per heavy atom. The quantitative estimate of drug-likeness (QED) is 0.450. The average molecular weight is 456 g/mol. The number of fused-ring (bicyclic) bond motifs is 1. The Hall–Kier alpha value is -3.54. The monoisotopic (exact) mass is 455 g/mol. The van der Waals surface area contributed by atoms with Crippen LogP contribution in [0.4, 0.5) is 0 Å². The fraction of sp³-hybridized carbons (Fsp3) is 0.385. The van der Waals surface area contributed by atoms with Gasteiger partial charge in [-0.2, -0.15) is 5.26 Å². The summed E-state index contributed by atoms with van der Waals surface area (Å²) in [4.78, 5) is 4.86. The average Bonchev–Trinajstić information content (AvgIpc) is 3.48. The lowest BCUT2D eigenvalue weighted by Gasteiger charge is -2.38. The van der Waals surface area contributed by atoms with Crippen LogP contribution >= 0.6 is 0 Å². The van der Waals surface area contributed by atoms with Crippen LogP contribution in [0.5, 0.6) is 0 Å². The van der Waals surface area contributed by atoms with Crippen molar-refractivity contribution in [2.45, 2.75) is 38.9 Å². The van der Waals surface area contributed by atoms with Crippen LogP contribution in [0.1, 0.15) is 49.5 Å². The van der Waals surface area contributed by atoms with Crippen molar-refractivity contribution < 1.29 is 4.42 Å². The van der Waals surface area contributed by atoms with Crippen LogP contribution in [0.25, 0.3) is 11.0 Å². The molecule has 1 aliphatic rings. The summed E-state index contributed by atoms with van der Waals surface area (Å²) in [5, 5.41) is 22.9. The van der Waals surface area contributed by atoms with Gasteiger partial charge < -0.3 is 4.42 Å². The molecule has 8 nitrogen and oxygen atoms in total. The molecule has 2 aromatic carbocycles. The molecular formula is C26H29N7O. The van der Waals surface area contributed by atoms with Gasteiger partial charge in [0.25, 0.3) is 0 Å². The van der Waals surface area contributed by atoms with Crippen LogP contribution in [0.2, 0.25) is 0 Å². The van der Waals surface area contributed by atoms with Gasteiger partial charge in [-0.3, -0.25) is 9.80 Å². The topological polar surface area (TPSA) is 87.0 Å². The number of rotatable bonds is 5. The number of nitriles is 1. The van der Waals surface area contributed by atoms with Crippen LogP contribution in [-0.2, 0) is 12.1 Å². The van der Waals surface area contributed by atoms with E-state index in [1.807, 2.05) is 47.1 Å². The standard InChI is InChI=1S/C26H29N7O/c1-26(2,3)33-25(28-29-30-33)24(23-16-21-6-4-5-7-22(21)34-23)32-14-12-31(13-15-32)18-20-10-8-19(17-27)9-11-20/h4-11,16,24H,12-15,18H2,1-3H3. The number of benzene rings is 2. The molecule has 5 rings (SSSR count). The lowest BCUT2D eigenvalue weighted by molar-refractivity contribution is 0.0905. The molecule has 1 aliphatic heterocycles. The summed E-state index contributed by atoms with van der Waals surface area (Å²) in [6, 6.07) is 20.1. The minimum atomic E-state index is -0.249. The van der Waals surface area contributed by atoms with Gasteiger partial charge in [0.2, 0.25) is 0 Å². The fourth-order valence-electron chi connectivity index (χ4n) is 4.57. The maximum Gasteiger partial charge on any atom is 0.176 e. The maximum absolute atomic E-state index is 9.03. The molecule has 1 saturated heterocycles. The first-order valence-electron chi connectivity index (χ1n) is 11.6. The second kappa shape index (κ2) is 9.01. The first-order valence-corrected chi connectivity index (χ1v) is 11.6. The van der Waals surface area contributed by atoms with Crippen molar-refractivity contribution >= 4 is 11.0 Å². The van der Waals surface area contributed by atoms with Crippen LogP contribution in [0.15, 0.2) is 59.0 Å². The van der Waals surface area contributed by atoms with Gasteiger partial charge in [-0.15, -0.1) is 5.10 Å². The molecule has 1 atom stereocenters. The Labute approximate surface area is 199 Å². The molecular weight excluding hydrogens is 426 g/mol. The van der Waals surface area contributed by atoms with Crippen LogP contribution in [-0.4, -0.2) is 56.2 Å². The minimum Gasteiger partial charge on any atom is -0.459 e. The third-order valence-electron chi connectivity index (χ3n) is 6.35. The van der Waals surface area contributed by atoms with Crippen molar-refractivity contribution in [1.29, 1.82) is 5.26 Å². The molecule has 4 aromatic rings. The highest BCUT2D eigenvalue weighted by Gasteiger charge is 2.35. The summed E-state index contributed by atoms with van der Waals surface area (Å²) >= 11 is 0. The molecule has 8 heteroatoms. The molecule has 2 aromatic heterocycles. The number of tetrazole rings is 1. The molecule has 0 amide bonds. The normalized spacial score (nSPS) is 16.5. The van der Waals surface area contributed by atoms with Gasteiger partial charge in [0.15, 0.2) is 5.82 Å². The summed E-state index contributed by atoms with van der Waals surface area (Å²) in [5.41, 5.74) is 2.54. The SMILES string of the molecule is CC(C)(C)n1nnnc1C(c1cc2ccccc2o1)N1CCN(Cc2ccc(C#N)cc2)CC1. The summed E-state index contributed by atoms with van der Waals surface area (Å²) < 4.78 is 8.24. The van der Waals surface area contributed by atoms with E-state index in [2.05, 4.69) is 64.3 Å². The fourth-order valence-corrected chi connectivity index (χ4v) is 4.57. The van der Waals surface area contributed by atoms with Crippen molar-refractivity contribution in [2.75, 3.05) is 26.2 Å². The Bertz CT molecular complexity index is 1270. The predicted octanol–water partition coefficient (Wildman–Crippen LogP) is 3.95. The zero-order valence-electron chi connectivity index (χ0n) is 19.8. The summed E-state index contributed by atoms with van der Waals surface area (Å²) in [7, 11) is 0. The number of piperazine rings is 1. The molecule has 0 spiro atoms. The zero-order chi connectivity index (χ0) is 23.7. The molecule has 1 unspecified atom stereocenters. The van der Waals surface area contributed by atoms with Gasteiger partial charge in [0.05, 0.1) is 17.2 Å². The number of para-hydroxylation sites is 1. The maximum atomic E-state index is 9.03. The Balaban J connectivity index is 1.40. The molecule has 0 saturated carbocycles. The van der Waals surface area contributed by atoms with Gasteiger partial charge in [0, 0.05) is 38.1 Å². The van der Waals surface area contributed by atoms with Gasteiger partial charge in [0.1, 0.15) is 17.4 Å². The van der Waals surface area contributed by atoms with E-state index in [-0.39, 0.29) is 11.6 Å². The van der Waals surface area contributed by atoms with E-state index in [0.29, 0.717) is 5.56 Å². The number of hydrogen-bond acceptors (Lipinski definition) is 7. The largest absolute Gasteiger partial charge is 0.459 e. The minimum absolute atomic E-state index is 0.168. The van der Waals surface area contributed by atoms with Crippen LogP contribution in [0, 0.1) is 11.3 Å². The van der Waals surface area contributed by atoms with Crippen molar-refractivity contribution in [3.63, 3.8) is 0 Å². The van der Waals surface area contributed by atoms with Crippen molar-refractivity contribution in [3.8, 4) is 6.07 Å². The number of nitrogens with zero attached hydrogens (tertiary/aromatic N) is 7. The molecule has 34 heavy (non-hydrogen) atoms. The third-order valence-corrected chi connectivity index (χ3v) is 6.35. The highest BCUT2D eigenvalue weighted by atomic mass is 16.3. The molecule has 0 bridgehead atoms. The van der Waals surface area contributed by atoms with E-state index in [1.54, 1.807) is 0 Å². The number of aromatic nitrogens is 4. The molecule has 3 heterocycles. The smallest absolute Gasteiger partial charge is 0.176 e. The molecule has 0 radical (unpaired) electrons. The lowest BCUT2D eigenvalue weighted by atomic mass is 10.1. The van der Waals surface area contributed by atoms with E-state index >= 15 is 0 Å². The van der Waals surface area contributed by atoms with E-state index in [0.717, 1.165) is 55.3 Å². The lowest BCUT2D eigenvalue weighted by Crippen LogP contribution is -2.48. The van der Waals surface area contributed by atoms with Gasteiger partial charge in [-0.05, 0) is 61.0 Å². The van der Waals surface area contributed by atoms with Gasteiger partial charge in [-0.1, -0.05) is 30.3 Å². The Morgan fingerprint density at radius 1 is 1.03 bits per heavy atom. The summed E-state index contributed by atoms with van der Waals surface area (Å²) in [5.74, 6) is 1.66. The second-order valence-corrected chi connectivity index (χ2v) is 9.83. The molecule has 174 valence electrons. The van der Waals surface area contributed by atoms with E-state index in [1.165, 1.54) is 5.56 Å². The van der Waals surface area contributed by atoms with Gasteiger partial charge in [-0.25, -0.2) is 4.68 Å². The number of furan rings is 1. The number of hydrogen-bond donors (Lipinski definition) is 0. The Morgan fingerprint density at radius 2 is 1.76 bits per heavy atom.